The predicted molar refractivity (Wildman–Crippen MR) is 44.7 cm³/mol. The fourth-order valence-electron chi connectivity index (χ4n) is 0.823. The number of hydrogen-bond donors (Lipinski definition) is 2. The summed E-state index contributed by atoms with van der Waals surface area (Å²) in [4.78, 5) is 10.3. The molecular weight excluding hydrogens is 160 g/mol. The minimum absolute atomic E-state index is 0.0162. The highest BCUT2D eigenvalue weighted by atomic mass is 28.1. The highest BCUT2D eigenvalue weighted by Gasteiger charge is 2.07. The minimum Gasteiger partial charge on any atom is -0.507 e. The SMILES string of the molecule is O=Cc1c(O)ccc([SiH3])c1O. The van der Waals surface area contributed by atoms with Crippen molar-refractivity contribution in [3.63, 3.8) is 0 Å². The van der Waals surface area contributed by atoms with Gasteiger partial charge in [-0.1, -0.05) is 6.07 Å². The van der Waals surface area contributed by atoms with E-state index >= 15 is 0 Å². The lowest BCUT2D eigenvalue weighted by Gasteiger charge is -2.02. The Bertz CT molecular complexity index is 296. The number of carbonyl (C=O) groups excluding carboxylic acids is 1. The lowest BCUT2D eigenvalue weighted by Crippen LogP contribution is -2.04. The van der Waals surface area contributed by atoms with Crippen LogP contribution in [0, 0.1) is 0 Å². The summed E-state index contributed by atoms with van der Waals surface area (Å²) in [6.45, 7) is 0. The summed E-state index contributed by atoms with van der Waals surface area (Å²) >= 11 is 0. The fraction of sp³-hybridized carbons (Fsp3) is 0. The molecule has 1 aromatic carbocycles. The Labute approximate surface area is 66.7 Å². The van der Waals surface area contributed by atoms with Crippen LogP contribution >= 0.6 is 0 Å². The summed E-state index contributed by atoms with van der Waals surface area (Å²) in [6, 6.07) is 3.01. The van der Waals surface area contributed by atoms with Crippen molar-refractivity contribution in [3.05, 3.63) is 17.7 Å². The second kappa shape index (κ2) is 2.75. The summed E-state index contributed by atoms with van der Waals surface area (Å²) in [7, 11) is 0.657. The number of benzene rings is 1. The van der Waals surface area contributed by atoms with Gasteiger partial charge in [0.2, 0.25) is 0 Å². The summed E-state index contributed by atoms with van der Waals surface area (Å²) in [5.74, 6) is -0.260. The van der Waals surface area contributed by atoms with E-state index in [4.69, 9.17) is 5.11 Å². The molecule has 0 aliphatic rings. The first-order chi connectivity index (χ1) is 5.16. The zero-order valence-corrected chi connectivity index (χ0v) is 8.03. The Hall–Kier alpha value is -1.29. The molecule has 1 aromatic rings. The van der Waals surface area contributed by atoms with Crippen LogP contribution in [0.3, 0.4) is 0 Å². The third-order valence-electron chi connectivity index (χ3n) is 1.51. The van der Waals surface area contributed by atoms with Crippen LogP contribution in [0.4, 0.5) is 0 Å². The highest BCUT2D eigenvalue weighted by Crippen LogP contribution is 2.21. The molecule has 1 rings (SSSR count). The monoisotopic (exact) mass is 168 g/mol. The minimum atomic E-state index is -0.169. The average molecular weight is 168 g/mol. The van der Waals surface area contributed by atoms with Crippen molar-refractivity contribution in [2.24, 2.45) is 0 Å². The number of rotatable bonds is 1. The summed E-state index contributed by atoms with van der Waals surface area (Å²) in [6.07, 6.45) is 0.450. The molecule has 2 N–H and O–H groups in total. The van der Waals surface area contributed by atoms with Crippen LogP contribution in [0.15, 0.2) is 12.1 Å². The van der Waals surface area contributed by atoms with E-state index in [-0.39, 0.29) is 17.1 Å². The van der Waals surface area contributed by atoms with E-state index in [1.807, 2.05) is 0 Å². The number of carbonyl (C=O) groups is 1. The first kappa shape index (κ1) is 7.81. The van der Waals surface area contributed by atoms with Crippen LogP contribution in [-0.2, 0) is 0 Å². The van der Waals surface area contributed by atoms with E-state index in [0.29, 0.717) is 21.7 Å². The third-order valence-corrected chi connectivity index (χ3v) is 2.32. The molecule has 0 amide bonds. The van der Waals surface area contributed by atoms with E-state index in [1.54, 1.807) is 6.07 Å². The van der Waals surface area contributed by atoms with Gasteiger partial charge in [-0.05, 0) is 11.3 Å². The van der Waals surface area contributed by atoms with E-state index < -0.39 is 0 Å². The van der Waals surface area contributed by atoms with Crippen LogP contribution in [0.2, 0.25) is 0 Å². The molecule has 0 saturated carbocycles. The molecule has 0 aromatic heterocycles. The molecule has 0 heterocycles. The van der Waals surface area contributed by atoms with Gasteiger partial charge >= 0.3 is 0 Å². The summed E-state index contributed by atoms with van der Waals surface area (Å²) in [5.41, 5.74) is -0.0162. The lowest BCUT2D eigenvalue weighted by molar-refractivity contribution is 0.111. The normalized spacial score (nSPS) is 9.82. The van der Waals surface area contributed by atoms with Gasteiger partial charge in [-0.2, -0.15) is 0 Å². The molecule has 0 saturated heterocycles. The smallest absolute Gasteiger partial charge is 0.157 e. The Morgan fingerprint density at radius 2 is 2.00 bits per heavy atom. The van der Waals surface area contributed by atoms with Crippen LogP contribution in [-0.4, -0.2) is 26.7 Å². The molecule has 0 atom stereocenters. The molecule has 0 spiro atoms. The molecule has 58 valence electrons. The maximum Gasteiger partial charge on any atom is 0.157 e. The van der Waals surface area contributed by atoms with Gasteiger partial charge in [0, 0.05) is 10.2 Å². The van der Waals surface area contributed by atoms with Crippen molar-refractivity contribution < 1.29 is 15.0 Å². The van der Waals surface area contributed by atoms with Crippen molar-refractivity contribution in [2.45, 2.75) is 0 Å². The summed E-state index contributed by atoms with van der Waals surface area (Å²) < 4.78 is 0. The number of phenolic OH excluding ortho intramolecular Hbond substituents is 2. The third kappa shape index (κ3) is 1.25. The largest absolute Gasteiger partial charge is 0.507 e. The van der Waals surface area contributed by atoms with Crippen molar-refractivity contribution >= 4 is 21.7 Å². The molecule has 3 nitrogen and oxygen atoms in total. The zero-order chi connectivity index (χ0) is 8.43. The molecular formula is C7H8O3Si. The van der Waals surface area contributed by atoms with E-state index in [1.165, 1.54) is 6.07 Å². The topological polar surface area (TPSA) is 57.5 Å². The Kier molecular flexibility index (Phi) is 1.95. The van der Waals surface area contributed by atoms with Gasteiger partial charge in [0.1, 0.15) is 11.5 Å². The van der Waals surface area contributed by atoms with Crippen LogP contribution in [0.5, 0.6) is 11.5 Å². The Balaban J connectivity index is 3.40. The number of aldehydes is 1. The van der Waals surface area contributed by atoms with Crippen molar-refractivity contribution in [3.8, 4) is 11.5 Å². The van der Waals surface area contributed by atoms with Crippen molar-refractivity contribution in [1.82, 2.24) is 0 Å². The quantitative estimate of drug-likeness (QED) is 0.413. The van der Waals surface area contributed by atoms with Crippen LogP contribution in [0.25, 0.3) is 0 Å². The molecule has 0 aliphatic carbocycles. The van der Waals surface area contributed by atoms with Gasteiger partial charge < -0.3 is 10.2 Å². The van der Waals surface area contributed by atoms with Gasteiger partial charge in [0.05, 0.1) is 5.56 Å². The van der Waals surface area contributed by atoms with Crippen molar-refractivity contribution in [1.29, 1.82) is 0 Å². The molecule has 0 unspecified atom stereocenters. The van der Waals surface area contributed by atoms with Crippen molar-refractivity contribution in [2.75, 3.05) is 0 Å². The number of hydrogen-bond acceptors (Lipinski definition) is 3. The maximum absolute atomic E-state index is 10.3. The Morgan fingerprint density at radius 1 is 1.36 bits per heavy atom. The highest BCUT2D eigenvalue weighted by molar-refractivity contribution is 6.34. The van der Waals surface area contributed by atoms with Gasteiger partial charge in [-0.15, -0.1) is 0 Å². The summed E-state index contributed by atoms with van der Waals surface area (Å²) in [5, 5.41) is 19.0. The molecule has 0 fully saturated rings. The van der Waals surface area contributed by atoms with Gasteiger partial charge in [0.15, 0.2) is 6.29 Å². The Morgan fingerprint density at radius 3 is 2.45 bits per heavy atom. The molecule has 0 bridgehead atoms. The van der Waals surface area contributed by atoms with Crippen LogP contribution < -0.4 is 5.19 Å². The van der Waals surface area contributed by atoms with E-state index in [9.17, 15) is 9.90 Å². The molecule has 11 heavy (non-hydrogen) atoms. The first-order valence-corrected chi connectivity index (χ1v) is 4.13. The average Bonchev–Trinajstić information content (AvgIpc) is 1.99. The second-order valence-corrected chi connectivity index (χ2v) is 3.36. The van der Waals surface area contributed by atoms with E-state index in [2.05, 4.69) is 0 Å². The van der Waals surface area contributed by atoms with Crippen LogP contribution in [0.1, 0.15) is 10.4 Å². The molecule has 0 radical (unpaired) electrons. The molecule has 0 aliphatic heterocycles. The number of phenols is 2. The van der Waals surface area contributed by atoms with Gasteiger partial charge in [-0.3, -0.25) is 4.79 Å². The maximum atomic E-state index is 10.3. The van der Waals surface area contributed by atoms with E-state index in [0.717, 1.165) is 0 Å². The second-order valence-electron chi connectivity index (χ2n) is 2.28. The lowest BCUT2D eigenvalue weighted by atomic mass is 10.2. The first-order valence-electron chi connectivity index (χ1n) is 3.13. The standard InChI is InChI=1S/C7H8O3Si/c8-3-4-5(9)1-2-6(11)7(4)10/h1-3,9-10H,11H3. The fourth-order valence-corrected chi connectivity index (χ4v) is 1.26. The van der Waals surface area contributed by atoms with Gasteiger partial charge in [0.25, 0.3) is 0 Å². The number of aromatic hydroxyl groups is 2. The zero-order valence-electron chi connectivity index (χ0n) is 6.03. The predicted octanol–water partition coefficient (Wildman–Crippen LogP) is -1.10. The molecule has 4 heteroatoms. The van der Waals surface area contributed by atoms with Gasteiger partial charge in [-0.25, -0.2) is 0 Å².